The SMILES string of the molecule is Cc1cc(NC(=O)c2cnn3c2N[C@@H](c2ccco2)C[C@H]3C(F)(F)F)n(-c2ccccc2)n1. The lowest BCUT2D eigenvalue weighted by Crippen LogP contribution is -2.36. The van der Waals surface area contributed by atoms with Gasteiger partial charge in [-0.25, -0.2) is 9.36 Å². The average molecular weight is 456 g/mol. The van der Waals surface area contributed by atoms with Crippen LogP contribution in [0.25, 0.3) is 5.69 Å². The number of aromatic nitrogens is 4. The molecule has 1 amide bonds. The van der Waals surface area contributed by atoms with E-state index in [1.54, 1.807) is 29.8 Å². The molecule has 0 radical (unpaired) electrons. The molecule has 33 heavy (non-hydrogen) atoms. The van der Waals surface area contributed by atoms with Crippen molar-refractivity contribution >= 4 is 17.5 Å². The van der Waals surface area contributed by atoms with Crippen LogP contribution < -0.4 is 10.6 Å². The number of amides is 1. The topological polar surface area (TPSA) is 89.9 Å². The highest BCUT2D eigenvalue weighted by atomic mass is 19.4. The fraction of sp³-hybridized carbons (Fsp3) is 0.227. The quantitative estimate of drug-likeness (QED) is 0.457. The molecule has 5 rings (SSSR count). The van der Waals surface area contributed by atoms with Crippen LogP contribution in [0.15, 0.2) is 65.4 Å². The van der Waals surface area contributed by atoms with Gasteiger partial charge in [-0.05, 0) is 31.2 Å². The second kappa shape index (κ2) is 7.84. The monoisotopic (exact) mass is 456 g/mol. The van der Waals surface area contributed by atoms with Crippen molar-refractivity contribution in [3.05, 3.63) is 78.0 Å². The Kier molecular flexibility index (Phi) is 4.95. The number of furan rings is 1. The number of carbonyl (C=O) groups is 1. The van der Waals surface area contributed by atoms with E-state index >= 15 is 0 Å². The van der Waals surface area contributed by atoms with Gasteiger partial charge in [-0.3, -0.25) is 4.79 Å². The molecule has 4 aromatic rings. The molecule has 8 nitrogen and oxygen atoms in total. The third kappa shape index (κ3) is 3.86. The lowest BCUT2D eigenvalue weighted by Gasteiger charge is -2.32. The summed E-state index contributed by atoms with van der Waals surface area (Å²) in [7, 11) is 0. The first kappa shape index (κ1) is 20.9. The Morgan fingerprint density at radius 3 is 2.70 bits per heavy atom. The van der Waals surface area contributed by atoms with Gasteiger partial charge in [-0.1, -0.05) is 18.2 Å². The van der Waals surface area contributed by atoms with Crippen molar-refractivity contribution in [3.8, 4) is 5.69 Å². The number of anilines is 2. The van der Waals surface area contributed by atoms with Gasteiger partial charge in [0.2, 0.25) is 0 Å². The van der Waals surface area contributed by atoms with Gasteiger partial charge >= 0.3 is 6.18 Å². The van der Waals surface area contributed by atoms with E-state index in [1.165, 1.54) is 6.26 Å². The molecule has 0 unspecified atom stereocenters. The largest absolute Gasteiger partial charge is 0.467 e. The Morgan fingerprint density at radius 2 is 2.00 bits per heavy atom. The van der Waals surface area contributed by atoms with E-state index in [2.05, 4.69) is 20.8 Å². The van der Waals surface area contributed by atoms with Crippen molar-refractivity contribution < 1.29 is 22.4 Å². The maximum atomic E-state index is 13.8. The molecule has 11 heteroatoms. The third-order valence-electron chi connectivity index (χ3n) is 5.44. The maximum absolute atomic E-state index is 13.8. The molecule has 0 fully saturated rings. The number of hydrogen-bond acceptors (Lipinski definition) is 5. The molecule has 3 aromatic heterocycles. The molecule has 2 atom stereocenters. The van der Waals surface area contributed by atoms with E-state index in [0.717, 1.165) is 16.6 Å². The molecule has 0 spiro atoms. The highest BCUT2D eigenvalue weighted by molar-refractivity contribution is 6.07. The summed E-state index contributed by atoms with van der Waals surface area (Å²) in [5.41, 5.74) is 1.38. The molecule has 1 aliphatic heterocycles. The third-order valence-corrected chi connectivity index (χ3v) is 5.44. The minimum Gasteiger partial charge on any atom is -0.467 e. The maximum Gasteiger partial charge on any atom is 0.410 e. The van der Waals surface area contributed by atoms with E-state index in [-0.39, 0.29) is 17.8 Å². The smallest absolute Gasteiger partial charge is 0.410 e. The van der Waals surface area contributed by atoms with Crippen molar-refractivity contribution in [2.24, 2.45) is 0 Å². The number of halogens is 3. The second-order valence-corrected chi connectivity index (χ2v) is 7.73. The van der Waals surface area contributed by atoms with Crippen molar-refractivity contribution in [2.75, 3.05) is 10.6 Å². The number of carbonyl (C=O) groups excluding carboxylic acids is 1. The zero-order chi connectivity index (χ0) is 23.2. The Morgan fingerprint density at radius 1 is 1.21 bits per heavy atom. The van der Waals surface area contributed by atoms with E-state index < -0.39 is 24.2 Å². The van der Waals surface area contributed by atoms with E-state index in [1.807, 2.05) is 30.3 Å². The minimum atomic E-state index is -4.55. The number of rotatable bonds is 4. The molecule has 170 valence electrons. The van der Waals surface area contributed by atoms with Gasteiger partial charge < -0.3 is 15.1 Å². The van der Waals surface area contributed by atoms with Crippen LogP contribution in [0.5, 0.6) is 0 Å². The standard InChI is InChI=1S/C22H19F3N6O2/c1-13-10-19(30(29-13)14-6-3-2-4-7-14)28-21(32)15-12-26-31-18(22(23,24)25)11-16(27-20(15)31)17-8-5-9-33-17/h2-10,12,16,18,27H,11H2,1H3,(H,28,32)/t16-,18+/m1/s1. The van der Waals surface area contributed by atoms with Crippen molar-refractivity contribution in [2.45, 2.75) is 31.6 Å². The van der Waals surface area contributed by atoms with Crippen molar-refractivity contribution in [1.82, 2.24) is 19.6 Å². The Labute approximate surface area is 186 Å². The van der Waals surface area contributed by atoms with Crippen molar-refractivity contribution in [3.63, 3.8) is 0 Å². The first-order chi connectivity index (χ1) is 15.8. The minimum absolute atomic E-state index is 0.0148. The zero-order valence-corrected chi connectivity index (χ0v) is 17.4. The highest BCUT2D eigenvalue weighted by Gasteiger charge is 2.47. The molecular weight excluding hydrogens is 437 g/mol. The number of para-hydroxylation sites is 1. The molecule has 1 aliphatic rings. The summed E-state index contributed by atoms with van der Waals surface area (Å²) in [6.07, 6.45) is -2.33. The van der Waals surface area contributed by atoms with Crippen molar-refractivity contribution in [1.29, 1.82) is 0 Å². The van der Waals surface area contributed by atoms with Gasteiger partial charge in [0.25, 0.3) is 5.91 Å². The second-order valence-electron chi connectivity index (χ2n) is 7.73. The van der Waals surface area contributed by atoms with Crippen LogP contribution in [0, 0.1) is 6.92 Å². The predicted octanol–water partition coefficient (Wildman–Crippen LogP) is 4.88. The Hall–Kier alpha value is -4.02. The van der Waals surface area contributed by atoms with Crippen LogP contribution in [0.1, 0.15) is 40.3 Å². The van der Waals surface area contributed by atoms with E-state index in [4.69, 9.17) is 4.42 Å². The Bertz CT molecular complexity index is 1280. The summed E-state index contributed by atoms with van der Waals surface area (Å²) in [6, 6.07) is 11.4. The normalized spacial score (nSPS) is 17.9. The molecule has 0 saturated heterocycles. The molecule has 1 aromatic carbocycles. The highest BCUT2D eigenvalue weighted by Crippen LogP contribution is 2.44. The summed E-state index contributed by atoms with van der Waals surface area (Å²) in [5.74, 6) is 0.0991. The molecule has 4 heterocycles. The molecule has 2 N–H and O–H groups in total. The fourth-order valence-corrected chi connectivity index (χ4v) is 3.94. The summed E-state index contributed by atoms with van der Waals surface area (Å²) < 4.78 is 49.1. The van der Waals surface area contributed by atoms with Crippen LogP contribution in [-0.2, 0) is 0 Å². The summed E-state index contributed by atoms with van der Waals surface area (Å²) in [5, 5.41) is 14.0. The van der Waals surface area contributed by atoms with Crippen LogP contribution in [0.4, 0.5) is 24.8 Å². The van der Waals surface area contributed by atoms with Gasteiger partial charge in [0, 0.05) is 12.5 Å². The molecule has 0 aliphatic carbocycles. The fourth-order valence-electron chi connectivity index (χ4n) is 3.94. The number of alkyl halides is 3. The van der Waals surface area contributed by atoms with Crippen LogP contribution in [0.3, 0.4) is 0 Å². The molecular formula is C22H19F3N6O2. The lowest BCUT2D eigenvalue weighted by atomic mass is 10.0. The zero-order valence-electron chi connectivity index (χ0n) is 17.4. The van der Waals surface area contributed by atoms with Gasteiger partial charge in [0.05, 0.1) is 29.9 Å². The number of fused-ring (bicyclic) bond motifs is 1. The van der Waals surface area contributed by atoms with Gasteiger partial charge in [0.15, 0.2) is 6.04 Å². The van der Waals surface area contributed by atoms with Crippen LogP contribution in [0.2, 0.25) is 0 Å². The summed E-state index contributed by atoms with van der Waals surface area (Å²) >= 11 is 0. The molecule has 0 saturated carbocycles. The summed E-state index contributed by atoms with van der Waals surface area (Å²) in [6.45, 7) is 1.78. The number of hydrogen-bond donors (Lipinski definition) is 2. The molecule has 0 bridgehead atoms. The van der Waals surface area contributed by atoms with Gasteiger partial charge in [0.1, 0.15) is 23.0 Å². The first-order valence-corrected chi connectivity index (χ1v) is 10.2. The number of nitrogens with zero attached hydrogens (tertiary/aromatic N) is 4. The lowest BCUT2D eigenvalue weighted by molar-refractivity contribution is -0.174. The predicted molar refractivity (Wildman–Crippen MR) is 113 cm³/mol. The van der Waals surface area contributed by atoms with Crippen LogP contribution >= 0.6 is 0 Å². The average Bonchev–Trinajstić information content (AvgIpc) is 3.52. The number of benzene rings is 1. The van der Waals surface area contributed by atoms with E-state index in [9.17, 15) is 18.0 Å². The number of aryl methyl sites for hydroxylation is 1. The van der Waals surface area contributed by atoms with E-state index in [0.29, 0.717) is 17.3 Å². The van der Waals surface area contributed by atoms with Gasteiger partial charge in [-0.2, -0.15) is 23.4 Å². The summed E-state index contributed by atoms with van der Waals surface area (Å²) in [4.78, 5) is 13.1. The van der Waals surface area contributed by atoms with Gasteiger partial charge in [-0.15, -0.1) is 0 Å². The Balaban J connectivity index is 1.49. The number of nitrogens with one attached hydrogen (secondary N) is 2. The van der Waals surface area contributed by atoms with Crippen LogP contribution in [-0.4, -0.2) is 31.6 Å². The first-order valence-electron chi connectivity index (χ1n) is 10.2.